The third-order valence-electron chi connectivity index (χ3n) is 10.5. The Morgan fingerprint density at radius 3 is 1.82 bits per heavy atom. The number of hydrogen-bond acceptors (Lipinski definition) is 12. The highest BCUT2D eigenvalue weighted by Crippen LogP contribution is 2.22. The zero-order valence-electron chi connectivity index (χ0n) is 35.8. The summed E-state index contributed by atoms with van der Waals surface area (Å²) in [5.41, 5.74) is 5.28. The molecular weight excluding hydrogens is 798 g/mol. The van der Waals surface area contributed by atoms with Crippen molar-refractivity contribution >= 4 is 59.1 Å². The van der Waals surface area contributed by atoms with Crippen LogP contribution in [-0.2, 0) is 47.9 Å². The van der Waals surface area contributed by atoms with Crippen LogP contribution in [0.15, 0.2) is 0 Å². The Kier molecular flexibility index (Phi) is 19.8. The van der Waals surface area contributed by atoms with E-state index in [1.807, 2.05) is 13.8 Å². The van der Waals surface area contributed by atoms with Crippen molar-refractivity contribution in [3.05, 3.63) is 0 Å². The molecule has 0 aromatic heterocycles. The van der Waals surface area contributed by atoms with Gasteiger partial charge in [-0.1, -0.05) is 27.7 Å². The molecule has 61 heavy (non-hydrogen) atoms. The van der Waals surface area contributed by atoms with Gasteiger partial charge in [0.25, 0.3) is 0 Å². The summed E-state index contributed by atoms with van der Waals surface area (Å²) < 4.78 is 0. The number of likely N-dealkylation sites (tertiary alicyclic amines) is 2. The molecule has 10 amide bonds. The van der Waals surface area contributed by atoms with Crippen molar-refractivity contribution in [1.82, 2.24) is 52.3 Å². The molecule has 3 aliphatic heterocycles. The van der Waals surface area contributed by atoms with E-state index in [1.165, 1.54) is 11.8 Å². The molecule has 22 heteroatoms. The van der Waals surface area contributed by atoms with Crippen LogP contribution in [0.4, 0.5) is 0 Å². The van der Waals surface area contributed by atoms with Gasteiger partial charge in [0, 0.05) is 32.6 Å². The average Bonchev–Trinajstić information content (AvgIpc) is 3.84. The third kappa shape index (κ3) is 16.5. The van der Waals surface area contributed by atoms with E-state index in [1.54, 1.807) is 18.7 Å². The molecule has 0 aromatic carbocycles. The van der Waals surface area contributed by atoms with Crippen molar-refractivity contribution in [3.8, 4) is 0 Å². The maximum Gasteiger partial charge on any atom is 0.245 e. The predicted octanol–water partition coefficient (Wildman–Crippen LogP) is -4.40. The number of primary amides is 1. The maximum atomic E-state index is 13.4. The summed E-state index contributed by atoms with van der Waals surface area (Å²) in [4.78, 5) is 132. The Bertz CT molecular complexity index is 1620. The van der Waals surface area contributed by atoms with E-state index >= 15 is 0 Å². The highest BCUT2D eigenvalue weighted by atomic mass is 16.3. The number of aliphatic hydroxyl groups excluding tert-OH is 1. The lowest BCUT2D eigenvalue weighted by Crippen LogP contribution is -2.57. The number of nitrogens with one attached hydrogen (secondary N) is 8. The normalized spacial score (nSPS) is 20.4. The maximum absolute atomic E-state index is 13.4. The first-order valence-corrected chi connectivity index (χ1v) is 21.1. The van der Waals surface area contributed by atoms with Crippen LogP contribution in [0.1, 0.15) is 86.0 Å². The number of nitrogens with zero attached hydrogens (tertiary/aromatic N) is 2. The van der Waals surface area contributed by atoms with Gasteiger partial charge in [0.15, 0.2) is 0 Å². The van der Waals surface area contributed by atoms with Gasteiger partial charge in [-0.3, -0.25) is 47.9 Å². The van der Waals surface area contributed by atoms with Crippen LogP contribution < -0.4 is 48.3 Å². The Morgan fingerprint density at radius 2 is 1.26 bits per heavy atom. The molecule has 3 heterocycles. The largest absolute Gasteiger partial charge is 0.392 e. The van der Waals surface area contributed by atoms with Crippen LogP contribution in [0.2, 0.25) is 0 Å². The number of hydrogen-bond donors (Lipinski definition) is 10. The van der Waals surface area contributed by atoms with E-state index < -0.39 is 109 Å². The molecule has 3 rings (SSSR count). The highest BCUT2D eigenvalue weighted by Gasteiger charge is 2.38. The topological polar surface area (TPSA) is 320 Å². The number of β-amino-alcohol motifs (C(OH)–C–C–N with tert-alkyl or cyclic N) is 1. The molecule has 0 unspecified atom stereocenters. The second-order valence-corrected chi connectivity index (χ2v) is 16.7. The fourth-order valence-corrected chi connectivity index (χ4v) is 7.09. The van der Waals surface area contributed by atoms with Crippen molar-refractivity contribution in [2.75, 3.05) is 45.8 Å². The minimum atomic E-state index is -1.32. The SMILES string of the molecule is CC(C)C[C@H](NC(=O)CNC(=O)[C@H](CC(C)C)NC(=O)[C@H](CCC(N)=O)NC(=O)CNC(=O)[C@@H]1C[C@@H](O)CN1)C(=O)N[C@@H](C)C(=O)NCC(=O)N1CCC[C@H]1C(=O)N1CCC1. The molecule has 3 fully saturated rings. The van der Waals surface area contributed by atoms with Gasteiger partial charge in [-0.25, -0.2) is 0 Å². The second kappa shape index (κ2) is 24.2. The first-order valence-electron chi connectivity index (χ1n) is 21.1. The Morgan fingerprint density at radius 1 is 0.689 bits per heavy atom. The van der Waals surface area contributed by atoms with Gasteiger partial charge in [-0.2, -0.15) is 0 Å². The lowest BCUT2D eigenvalue weighted by Gasteiger charge is -2.35. The first-order chi connectivity index (χ1) is 28.7. The lowest BCUT2D eigenvalue weighted by atomic mass is 10.0. The van der Waals surface area contributed by atoms with Crippen LogP contribution in [0.3, 0.4) is 0 Å². The van der Waals surface area contributed by atoms with Crippen molar-refractivity contribution in [2.45, 2.75) is 128 Å². The summed E-state index contributed by atoms with van der Waals surface area (Å²) in [5.74, 6) is -6.36. The Labute approximate surface area is 355 Å². The zero-order valence-corrected chi connectivity index (χ0v) is 35.8. The molecule has 22 nitrogen and oxygen atoms in total. The van der Waals surface area contributed by atoms with E-state index in [0.29, 0.717) is 32.5 Å². The van der Waals surface area contributed by atoms with E-state index in [-0.39, 0.29) is 62.9 Å². The fourth-order valence-electron chi connectivity index (χ4n) is 7.09. The summed E-state index contributed by atoms with van der Waals surface area (Å²) in [6.45, 7) is 9.16. The van der Waals surface area contributed by atoms with Gasteiger partial charge in [0.05, 0.1) is 31.8 Å². The molecule has 11 N–H and O–H groups in total. The molecule has 0 bridgehead atoms. The van der Waals surface area contributed by atoms with Crippen LogP contribution in [0.25, 0.3) is 0 Å². The molecule has 7 atom stereocenters. The summed E-state index contributed by atoms with van der Waals surface area (Å²) in [7, 11) is 0. The summed E-state index contributed by atoms with van der Waals surface area (Å²) in [6.07, 6.45) is 1.42. The lowest BCUT2D eigenvalue weighted by molar-refractivity contribution is -0.146. The number of aliphatic hydroxyl groups is 1. The highest BCUT2D eigenvalue weighted by molar-refractivity contribution is 5.97. The van der Waals surface area contributed by atoms with E-state index in [4.69, 9.17) is 5.73 Å². The van der Waals surface area contributed by atoms with Crippen molar-refractivity contribution in [1.29, 1.82) is 0 Å². The predicted molar refractivity (Wildman–Crippen MR) is 218 cm³/mol. The van der Waals surface area contributed by atoms with Gasteiger partial charge >= 0.3 is 0 Å². The van der Waals surface area contributed by atoms with Gasteiger partial charge < -0.3 is 63.2 Å². The molecule has 0 aromatic rings. The van der Waals surface area contributed by atoms with Gasteiger partial charge in [-0.15, -0.1) is 0 Å². The second-order valence-electron chi connectivity index (χ2n) is 16.7. The number of amides is 10. The Balaban J connectivity index is 1.53. The smallest absolute Gasteiger partial charge is 0.245 e. The standard InChI is InChI=1S/C39H65N11O11/c1-21(2)14-27(48-37(59)25(9-10-30(40)52)46-31(53)18-42-35(57)26-16-24(51)17-41-26)36(58)43-19-32(54)47-28(15-22(3)4)38(60)45-23(5)34(56)44-20-33(55)50-13-6-8-29(50)39(61)49-11-7-12-49/h21-29,41,51H,6-20H2,1-5H3,(H2,40,52)(H,42,57)(H,43,58)(H,44,56)(H,45,60)(H,46,53)(H,47,54)(H,48,59)/t23-,24+,25-,26-,27-,28-,29-/m0/s1. The first kappa shape index (κ1) is 50.0. The zero-order chi connectivity index (χ0) is 45.4. The van der Waals surface area contributed by atoms with Crippen molar-refractivity contribution in [3.63, 3.8) is 0 Å². The molecule has 0 aliphatic carbocycles. The fraction of sp³-hybridized carbons (Fsp3) is 0.744. The summed E-state index contributed by atoms with van der Waals surface area (Å²) in [5, 5.41) is 30.0. The number of carbonyl (C=O) groups excluding carboxylic acids is 10. The monoisotopic (exact) mass is 863 g/mol. The molecular formula is C39H65N11O11. The number of rotatable bonds is 23. The van der Waals surface area contributed by atoms with Crippen LogP contribution in [-0.4, -0.2) is 162 Å². The average molecular weight is 864 g/mol. The minimum absolute atomic E-state index is 0.0805. The molecule has 3 aliphatic rings. The van der Waals surface area contributed by atoms with Crippen LogP contribution >= 0.6 is 0 Å². The van der Waals surface area contributed by atoms with E-state index in [2.05, 4.69) is 42.5 Å². The van der Waals surface area contributed by atoms with E-state index in [9.17, 15) is 53.1 Å². The molecule has 0 spiro atoms. The quantitative estimate of drug-likeness (QED) is 0.0466. The molecule has 0 radical (unpaired) electrons. The van der Waals surface area contributed by atoms with E-state index in [0.717, 1.165) is 6.42 Å². The van der Waals surface area contributed by atoms with Gasteiger partial charge in [-0.05, 0) is 63.7 Å². The molecule has 342 valence electrons. The van der Waals surface area contributed by atoms with Crippen molar-refractivity contribution < 1.29 is 53.1 Å². The van der Waals surface area contributed by atoms with Crippen molar-refractivity contribution in [2.24, 2.45) is 17.6 Å². The third-order valence-corrected chi connectivity index (χ3v) is 10.5. The summed E-state index contributed by atoms with van der Waals surface area (Å²) >= 11 is 0. The molecule has 3 saturated heterocycles. The van der Waals surface area contributed by atoms with Crippen LogP contribution in [0.5, 0.6) is 0 Å². The summed E-state index contributed by atoms with van der Waals surface area (Å²) in [6, 6.07) is -5.96. The number of nitrogens with two attached hydrogens (primary N) is 1. The minimum Gasteiger partial charge on any atom is -0.392 e. The Hall–Kier alpha value is -5.38. The number of carbonyl (C=O) groups is 10. The van der Waals surface area contributed by atoms with Crippen LogP contribution in [0, 0.1) is 11.8 Å². The van der Waals surface area contributed by atoms with Gasteiger partial charge in [0.2, 0.25) is 59.1 Å². The molecule has 0 saturated carbocycles. The van der Waals surface area contributed by atoms with Gasteiger partial charge in [0.1, 0.15) is 30.2 Å².